The molecule has 0 aromatic carbocycles. The topological polar surface area (TPSA) is 63.5 Å². The monoisotopic (exact) mass is 224 g/mol. The van der Waals surface area contributed by atoms with Crippen LogP contribution in [0.15, 0.2) is 23.0 Å². The fourth-order valence-electron chi connectivity index (χ4n) is 1.65. The van der Waals surface area contributed by atoms with Crippen molar-refractivity contribution in [2.45, 2.75) is 25.5 Å². The van der Waals surface area contributed by atoms with Gasteiger partial charge in [-0.1, -0.05) is 0 Å². The Balaban J connectivity index is 1.60. The van der Waals surface area contributed by atoms with Crippen molar-refractivity contribution in [1.82, 2.24) is 10.6 Å². The van der Waals surface area contributed by atoms with E-state index in [9.17, 15) is 4.79 Å². The van der Waals surface area contributed by atoms with Crippen LogP contribution in [0.4, 0.5) is 4.79 Å². The van der Waals surface area contributed by atoms with Gasteiger partial charge in [0.05, 0.1) is 18.6 Å². The minimum atomic E-state index is -0.170. The molecule has 1 fully saturated rings. The predicted octanol–water partition coefficient (Wildman–Crippen LogP) is 1.26. The summed E-state index contributed by atoms with van der Waals surface area (Å²) in [6.07, 6.45) is 5.49. The maximum absolute atomic E-state index is 11.4. The van der Waals surface area contributed by atoms with Gasteiger partial charge in [-0.2, -0.15) is 0 Å². The first-order valence-corrected chi connectivity index (χ1v) is 5.49. The second-order valence-corrected chi connectivity index (χ2v) is 3.83. The summed E-state index contributed by atoms with van der Waals surface area (Å²) >= 11 is 0. The number of ether oxygens (including phenoxy) is 1. The lowest BCUT2D eigenvalue weighted by molar-refractivity contribution is 0.111. The van der Waals surface area contributed by atoms with Crippen molar-refractivity contribution in [3.63, 3.8) is 0 Å². The number of carbonyl (C=O) groups excluding carboxylic acids is 1. The molecule has 1 saturated heterocycles. The van der Waals surface area contributed by atoms with Crippen LogP contribution < -0.4 is 10.6 Å². The summed E-state index contributed by atoms with van der Waals surface area (Å²) < 4.78 is 10.3. The number of carbonyl (C=O) groups is 1. The molecule has 0 saturated carbocycles. The molecule has 88 valence electrons. The van der Waals surface area contributed by atoms with Crippen LogP contribution in [-0.2, 0) is 11.3 Å². The van der Waals surface area contributed by atoms with Crippen molar-refractivity contribution in [3.8, 4) is 0 Å². The average Bonchev–Trinajstić information content (AvgIpc) is 2.96. The number of amides is 2. The number of nitrogens with one attached hydrogen (secondary N) is 2. The molecule has 0 bridgehead atoms. The molecule has 2 rings (SSSR count). The van der Waals surface area contributed by atoms with E-state index in [0.29, 0.717) is 13.1 Å². The van der Waals surface area contributed by atoms with E-state index < -0.39 is 0 Å². The molecular weight excluding hydrogens is 208 g/mol. The van der Waals surface area contributed by atoms with Gasteiger partial charge in [0.1, 0.15) is 0 Å². The fraction of sp³-hybridized carbons (Fsp3) is 0.545. The van der Waals surface area contributed by atoms with Crippen molar-refractivity contribution in [2.24, 2.45) is 0 Å². The van der Waals surface area contributed by atoms with E-state index >= 15 is 0 Å². The molecule has 0 aliphatic carbocycles. The van der Waals surface area contributed by atoms with Crippen LogP contribution in [0.3, 0.4) is 0 Å². The van der Waals surface area contributed by atoms with E-state index in [1.807, 2.05) is 6.07 Å². The lowest BCUT2D eigenvalue weighted by Crippen LogP contribution is -2.39. The van der Waals surface area contributed by atoms with Gasteiger partial charge in [-0.05, 0) is 18.9 Å². The van der Waals surface area contributed by atoms with Gasteiger partial charge < -0.3 is 19.8 Å². The Hall–Kier alpha value is -1.49. The summed E-state index contributed by atoms with van der Waals surface area (Å²) in [5.41, 5.74) is 0.951. The fourth-order valence-corrected chi connectivity index (χ4v) is 1.65. The smallest absolute Gasteiger partial charge is 0.315 e. The van der Waals surface area contributed by atoms with Crippen LogP contribution in [0, 0.1) is 0 Å². The molecule has 0 spiro atoms. The number of hydrogen-bond donors (Lipinski definition) is 2. The zero-order chi connectivity index (χ0) is 11.2. The highest BCUT2D eigenvalue weighted by Crippen LogP contribution is 2.10. The molecule has 2 heterocycles. The molecule has 1 aliphatic rings. The van der Waals surface area contributed by atoms with Gasteiger partial charge in [0.25, 0.3) is 0 Å². The number of furan rings is 1. The van der Waals surface area contributed by atoms with Crippen molar-refractivity contribution in [1.29, 1.82) is 0 Å². The average molecular weight is 224 g/mol. The SMILES string of the molecule is O=C(NCc1ccoc1)NC[C@H]1CCCO1. The van der Waals surface area contributed by atoms with Gasteiger partial charge in [0.15, 0.2) is 0 Å². The van der Waals surface area contributed by atoms with Gasteiger partial charge >= 0.3 is 6.03 Å². The summed E-state index contributed by atoms with van der Waals surface area (Å²) in [5.74, 6) is 0. The molecule has 5 nitrogen and oxygen atoms in total. The first kappa shape index (κ1) is 11.0. The number of rotatable bonds is 4. The predicted molar refractivity (Wildman–Crippen MR) is 57.9 cm³/mol. The summed E-state index contributed by atoms with van der Waals surface area (Å²) in [6.45, 7) is 1.87. The maximum Gasteiger partial charge on any atom is 0.315 e. The van der Waals surface area contributed by atoms with Crippen LogP contribution in [0.5, 0.6) is 0 Å². The quantitative estimate of drug-likeness (QED) is 0.809. The van der Waals surface area contributed by atoms with Gasteiger partial charge in [0.2, 0.25) is 0 Å². The van der Waals surface area contributed by atoms with Gasteiger partial charge in [-0.3, -0.25) is 0 Å². The Bertz CT molecular complexity index is 318. The van der Waals surface area contributed by atoms with E-state index in [4.69, 9.17) is 9.15 Å². The van der Waals surface area contributed by atoms with Crippen LogP contribution >= 0.6 is 0 Å². The Morgan fingerprint density at radius 2 is 2.44 bits per heavy atom. The Kier molecular flexibility index (Phi) is 3.82. The summed E-state index contributed by atoms with van der Waals surface area (Å²) in [4.78, 5) is 11.4. The molecule has 2 amide bonds. The molecule has 1 aliphatic heterocycles. The molecule has 1 atom stereocenters. The van der Waals surface area contributed by atoms with E-state index in [1.165, 1.54) is 0 Å². The molecule has 1 aromatic rings. The Labute approximate surface area is 94.1 Å². The molecule has 0 unspecified atom stereocenters. The Morgan fingerprint density at radius 3 is 3.12 bits per heavy atom. The third-order valence-corrected chi connectivity index (χ3v) is 2.55. The van der Waals surface area contributed by atoms with Crippen molar-refractivity contribution >= 4 is 6.03 Å². The largest absolute Gasteiger partial charge is 0.472 e. The molecule has 16 heavy (non-hydrogen) atoms. The van der Waals surface area contributed by atoms with Crippen molar-refractivity contribution in [3.05, 3.63) is 24.2 Å². The highest BCUT2D eigenvalue weighted by atomic mass is 16.5. The summed E-state index contributed by atoms with van der Waals surface area (Å²) in [5, 5.41) is 5.52. The standard InChI is InChI=1S/C11H16N2O3/c14-11(12-6-9-3-5-15-8-9)13-7-10-2-1-4-16-10/h3,5,8,10H,1-2,4,6-7H2,(H2,12,13,14)/t10-/m1/s1. The third-order valence-electron chi connectivity index (χ3n) is 2.55. The second-order valence-electron chi connectivity index (χ2n) is 3.83. The van der Waals surface area contributed by atoms with Crippen LogP contribution in [0.1, 0.15) is 18.4 Å². The zero-order valence-electron chi connectivity index (χ0n) is 9.07. The van der Waals surface area contributed by atoms with E-state index in [1.54, 1.807) is 12.5 Å². The van der Waals surface area contributed by atoms with Crippen LogP contribution in [-0.4, -0.2) is 25.3 Å². The minimum absolute atomic E-state index is 0.170. The highest BCUT2D eigenvalue weighted by molar-refractivity contribution is 5.73. The second kappa shape index (κ2) is 5.55. The van der Waals surface area contributed by atoms with Gasteiger partial charge in [-0.15, -0.1) is 0 Å². The lowest BCUT2D eigenvalue weighted by atomic mass is 10.2. The number of hydrogen-bond acceptors (Lipinski definition) is 3. The van der Waals surface area contributed by atoms with Gasteiger partial charge in [0, 0.05) is 25.3 Å². The summed E-state index contributed by atoms with van der Waals surface area (Å²) in [6, 6.07) is 1.65. The van der Waals surface area contributed by atoms with E-state index in [-0.39, 0.29) is 12.1 Å². The molecule has 1 aromatic heterocycles. The maximum atomic E-state index is 11.4. The first-order valence-electron chi connectivity index (χ1n) is 5.49. The Morgan fingerprint density at radius 1 is 1.50 bits per heavy atom. The van der Waals surface area contributed by atoms with Crippen molar-refractivity contribution < 1.29 is 13.9 Å². The lowest BCUT2D eigenvalue weighted by Gasteiger charge is -2.11. The highest BCUT2D eigenvalue weighted by Gasteiger charge is 2.15. The van der Waals surface area contributed by atoms with Crippen molar-refractivity contribution in [2.75, 3.05) is 13.2 Å². The molecular formula is C11H16N2O3. The molecule has 2 N–H and O–H groups in total. The van der Waals surface area contributed by atoms with Crippen LogP contribution in [0.2, 0.25) is 0 Å². The van der Waals surface area contributed by atoms with Crippen LogP contribution in [0.25, 0.3) is 0 Å². The van der Waals surface area contributed by atoms with E-state index in [0.717, 1.165) is 25.0 Å². The van der Waals surface area contributed by atoms with E-state index in [2.05, 4.69) is 10.6 Å². The third kappa shape index (κ3) is 3.27. The first-order chi connectivity index (χ1) is 7.84. The molecule has 0 radical (unpaired) electrons. The van der Waals surface area contributed by atoms with Gasteiger partial charge in [-0.25, -0.2) is 4.79 Å². The zero-order valence-corrected chi connectivity index (χ0v) is 9.07. The minimum Gasteiger partial charge on any atom is -0.472 e. The molecule has 5 heteroatoms. The summed E-state index contributed by atoms with van der Waals surface area (Å²) in [7, 11) is 0. The number of urea groups is 1. The normalized spacial score (nSPS) is 19.6.